The van der Waals surface area contributed by atoms with Crippen LogP contribution >= 0.6 is 0 Å². The molecule has 1 aromatic heterocycles. The van der Waals surface area contributed by atoms with Crippen LogP contribution in [0.1, 0.15) is 102 Å². The standard InChI is InChI=1S/C34H51FN4O2/c1-7-29-27-13-14-34(31(27)39(9-3)36-29)15-17-38(18-16-34)22-25-19-24(21-28(25)23-11-10-12-26(35)20-23)30(32(40)41)37(6)33(4,5)8-2/h10-12,20,24-25,28,30H,7-9,13-19,21-22H2,1-6H3,(H,40,41)/t24-,25+,28+,30-/m0/s1. The Labute approximate surface area is 246 Å². The number of likely N-dealkylation sites (tertiary alicyclic amines) is 1. The third-order valence-corrected chi connectivity index (χ3v) is 11.4. The molecule has 226 valence electrons. The maximum Gasteiger partial charge on any atom is 0.321 e. The highest BCUT2D eigenvalue weighted by molar-refractivity contribution is 5.74. The number of aromatic nitrogens is 2. The normalized spacial score (nSPS) is 25.2. The second-order valence-electron chi connectivity index (χ2n) is 13.7. The SMILES string of the molecule is CCc1nn(CC)c2c1CCC21CCN(C[C@H]2C[C@H]([C@@H](C(=O)O)N(C)C(C)(C)CC)C[C@@H]2c2cccc(F)c2)CC1. The molecule has 0 unspecified atom stereocenters. The number of carbonyl (C=O) groups is 1. The molecule has 3 aliphatic rings. The van der Waals surface area contributed by atoms with Crippen LogP contribution in [0.15, 0.2) is 24.3 Å². The van der Waals surface area contributed by atoms with Crippen molar-refractivity contribution in [1.82, 2.24) is 19.6 Å². The fourth-order valence-electron chi connectivity index (χ4n) is 8.47. The van der Waals surface area contributed by atoms with Crippen molar-refractivity contribution in [3.63, 3.8) is 0 Å². The molecule has 41 heavy (non-hydrogen) atoms. The highest BCUT2D eigenvalue weighted by Gasteiger charge is 2.48. The second kappa shape index (κ2) is 11.8. The molecule has 4 atom stereocenters. The number of carboxylic acid groups (broad SMARTS) is 1. The van der Waals surface area contributed by atoms with E-state index in [0.29, 0.717) is 5.92 Å². The Morgan fingerprint density at radius 3 is 2.54 bits per heavy atom. The minimum Gasteiger partial charge on any atom is -0.480 e. The zero-order chi connectivity index (χ0) is 29.5. The molecule has 1 aromatic carbocycles. The van der Waals surface area contributed by atoms with E-state index in [1.54, 1.807) is 12.1 Å². The predicted octanol–water partition coefficient (Wildman–Crippen LogP) is 6.27. The van der Waals surface area contributed by atoms with Crippen molar-refractivity contribution in [2.45, 2.75) is 115 Å². The van der Waals surface area contributed by atoms with E-state index in [4.69, 9.17) is 5.10 Å². The van der Waals surface area contributed by atoms with Crippen LogP contribution in [0.25, 0.3) is 0 Å². The third-order valence-electron chi connectivity index (χ3n) is 11.4. The number of carboxylic acids is 1. The molecular weight excluding hydrogens is 515 g/mol. The van der Waals surface area contributed by atoms with Crippen molar-refractivity contribution in [2.75, 3.05) is 26.7 Å². The molecule has 1 aliphatic heterocycles. The summed E-state index contributed by atoms with van der Waals surface area (Å²) < 4.78 is 16.7. The van der Waals surface area contributed by atoms with E-state index >= 15 is 0 Å². The van der Waals surface area contributed by atoms with E-state index < -0.39 is 12.0 Å². The first-order valence-electron chi connectivity index (χ1n) is 16.1. The van der Waals surface area contributed by atoms with Gasteiger partial charge in [0.25, 0.3) is 0 Å². The van der Waals surface area contributed by atoms with E-state index in [0.717, 1.165) is 76.7 Å². The highest BCUT2D eigenvalue weighted by Crippen LogP contribution is 2.50. The first kappa shape index (κ1) is 30.2. The van der Waals surface area contributed by atoms with E-state index in [1.165, 1.54) is 29.4 Å². The van der Waals surface area contributed by atoms with Crippen LogP contribution in [-0.2, 0) is 29.6 Å². The number of nitrogens with zero attached hydrogens (tertiary/aromatic N) is 4. The van der Waals surface area contributed by atoms with Gasteiger partial charge in [-0.1, -0.05) is 26.0 Å². The molecule has 0 radical (unpaired) electrons. The Balaban J connectivity index is 1.35. The van der Waals surface area contributed by atoms with Crippen LogP contribution in [-0.4, -0.2) is 68.9 Å². The number of aryl methyl sites for hydroxylation is 2. The summed E-state index contributed by atoms with van der Waals surface area (Å²) in [5.74, 6) is -0.448. The Hall–Kier alpha value is -2.25. The molecule has 7 heteroatoms. The fourth-order valence-corrected chi connectivity index (χ4v) is 8.47. The number of hydrogen-bond acceptors (Lipinski definition) is 4. The van der Waals surface area contributed by atoms with Gasteiger partial charge in [-0.3, -0.25) is 14.4 Å². The van der Waals surface area contributed by atoms with Gasteiger partial charge in [-0.15, -0.1) is 0 Å². The quantitative estimate of drug-likeness (QED) is 0.367. The van der Waals surface area contributed by atoms with Gasteiger partial charge in [0, 0.05) is 29.7 Å². The summed E-state index contributed by atoms with van der Waals surface area (Å²) in [4.78, 5) is 17.4. The van der Waals surface area contributed by atoms with Crippen molar-refractivity contribution < 1.29 is 14.3 Å². The van der Waals surface area contributed by atoms with Gasteiger partial charge in [0.2, 0.25) is 0 Å². The van der Waals surface area contributed by atoms with Gasteiger partial charge in [-0.25, -0.2) is 4.39 Å². The molecule has 1 N–H and O–H groups in total. The van der Waals surface area contributed by atoms with Crippen LogP contribution in [0.3, 0.4) is 0 Å². The molecule has 2 aliphatic carbocycles. The van der Waals surface area contributed by atoms with Gasteiger partial charge in [0.15, 0.2) is 0 Å². The molecule has 0 amide bonds. The van der Waals surface area contributed by atoms with Crippen molar-refractivity contribution >= 4 is 5.97 Å². The maximum absolute atomic E-state index is 14.4. The average Bonchev–Trinajstić information content (AvgIpc) is 3.64. The molecule has 1 saturated carbocycles. The molecule has 5 rings (SSSR count). The first-order chi connectivity index (χ1) is 19.5. The first-order valence-corrected chi connectivity index (χ1v) is 16.1. The van der Waals surface area contributed by atoms with Crippen molar-refractivity contribution in [1.29, 1.82) is 0 Å². The smallest absolute Gasteiger partial charge is 0.321 e. The van der Waals surface area contributed by atoms with Crippen LogP contribution in [0.2, 0.25) is 0 Å². The summed E-state index contributed by atoms with van der Waals surface area (Å²) in [7, 11) is 1.97. The summed E-state index contributed by atoms with van der Waals surface area (Å²) >= 11 is 0. The van der Waals surface area contributed by atoms with Crippen molar-refractivity contribution in [3.8, 4) is 0 Å². The Morgan fingerprint density at radius 2 is 1.93 bits per heavy atom. The number of hydrogen-bond donors (Lipinski definition) is 1. The summed E-state index contributed by atoms with van der Waals surface area (Å²) in [5, 5.41) is 15.4. The lowest BCUT2D eigenvalue weighted by atomic mass is 9.75. The van der Waals surface area contributed by atoms with Gasteiger partial charge in [-0.2, -0.15) is 5.10 Å². The zero-order valence-corrected chi connectivity index (χ0v) is 26.1. The van der Waals surface area contributed by atoms with Gasteiger partial charge >= 0.3 is 5.97 Å². The van der Waals surface area contributed by atoms with E-state index in [-0.39, 0.29) is 28.6 Å². The Bertz CT molecular complexity index is 1230. The van der Waals surface area contributed by atoms with E-state index in [9.17, 15) is 14.3 Å². The minimum atomic E-state index is -0.742. The summed E-state index contributed by atoms with van der Waals surface area (Å²) in [6, 6.07) is 6.49. The lowest BCUT2D eigenvalue weighted by Crippen LogP contribution is -2.53. The average molecular weight is 567 g/mol. The monoisotopic (exact) mass is 566 g/mol. The van der Waals surface area contributed by atoms with Crippen LogP contribution in [0, 0.1) is 17.7 Å². The van der Waals surface area contributed by atoms with Crippen LogP contribution < -0.4 is 0 Å². The fraction of sp³-hybridized carbons (Fsp3) is 0.706. The molecular formula is C34H51FN4O2. The molecule has 2 heterocycles. The number of rotatable bonds is 10. The van der Waals surface area contributed by atoms with Crippen LogP contribution in [0.4, 0.5) is 4.39 Å². The second-order valence-corrected chi connectivity index (χ2v) is 13.7. The largest absolute Gasteiger partial charge is 0.480 e. The van der Waals surface area contributed by atoms with Crippen molar-refractivity contribution in [2.24, 2.45) is 11.8 Å². The number of aliphatic carboxylic acids is 1. The van der Waals surface area contributed by atoms with E-state index in [2.05, 4.69) is 49.1 Å². The topological polar surface area (TPSA) is 61.6 Å². The lowest BCUT2D eigenvalue weighted by Gasteiger charge is -2.42. The molecule has 0 bridgehead atoms. The lowest BCUT2D eigenvalue weighted by molar-refractivity contribution is -0.147. The third kappa shape index (κ3) is 5.61. The van der Waals surface area contributed by atoms with Gasteiger partial charge in [0.05, 0.1) is 5.69 Å². The number of fused-ring (bicyclic) bond motifs is 2. The summed E-state index contributed by atoms with van der Waals surface area (Å²) in [6.07, 6.45) is 8.22. The van der Waals surface area contributed by atoms with Gasteiger partial charge in [-0.05, 0) is 133 Å². The molecule has 1 saturated heterocycles. The molecule has 2 aromatic rings. The summed E-state index contributed by atoms with van der Waals surface area (Å²) in [5.41, 5.74) is 5.38. The molecule has 6 nitrogen and oxygen atoms in total. The summed E-state index contributed by atoms with van der Waals surface area (Å²) in [6.45, 7) is 14.8. The van der Waals surface area contributed by atoms with Crippen LogP contribution in [0.5, 0.6) is 0 Å². The predicted molar refractivity (Wildman–Crippen MR) is 162 cm³/mol. The highest BCUT2D eigenvalue weighted by atomic mass is 19.1. The number of halogens is 1. The number of likely N-dealkylation sites (N-methyl/N-ethyl adjacent to an activating group) is 1. The molecule has 1 spiro atoms. The van der Waals surface area contributed by atoms with E-state index in [1.807, 2.05) is 13.1 Å². The number of piperidine rings is 1. The van der Waals surface area contributed by atoms with Gasteiger partial charge in [0.1, 0.15) is 11.9 Å². The Morgan fingerprint density at radius 1 is 1.20 bits per heavy atom. The Kier molecular flexibility index (Phi) is 8.69. The van der Waals surface area contributed by atoms with Gasteiger partial charge < -0.3 is 10.0 Å². The molecule has 2 fully saturated rings. The minimum absolute atomic E-state index is 0.0292. The number of benzene rings is 1. The van der Waals surface area contributed by atoms with Crippen molar-refractivity contribution in [3.05, 3.63) is 52.6 Å². The maximum atomic E-state index is 14.4. The zero-order valence-electron chi connectivity index (χ0n) is 26.1.